The molecule has 8 heteroatoms. The number of hydrazone groups is 1. The number of rotatable bonds is 9. The molecule has 3 aromatic carbocycles. The van der Waals surface area contributed by atoms with Crippen LogP contribution in [-0.2, 0) is 11.2 Å². The van der Waals surface area contributed by atoms with Crippen LogP contribution >= 0.6 is 0 Å². The molecule has 0 radical (unpaired) electrons. The zero-order chi connectivity index (χ0) is 23.6. The molecule has 0 aromatic heterocycles. The molecule has 0 heterocycles. The number of amides is 1. The SMILES string of the molecule is COc1cc(C(=O)Oc2ccc(/C=N\NC(=O)Cc3ccccc3)cc2)cc(OC)c1OC. The van der Waals surface area contributed by atoms with Gasteiger partial charge in [-0.3, -0.25) is 4.79 Å². The summed E-state index contributed by atoms with van der Waals surface area (Å²) in [7, 11) is 4.42. The van der Waals surface area contributed by atoms with Gasteiger partial charge in [0.15, 0.2) is 11.5 Å². The highest BCUT2D eigenvalue weighted by Crippen LogP contribution is 2.38. The molecular weight excluding hydrogens is 424 g/mol. The lowest BCUT2D eigenvalue weighted by molar-refractivity contribution is -0.120. The fourth-order valence-corrected chi connectivity index (χ4v) is 2.99. The van der Waals surface area contributed by atoms with Crippen molar-refractivity contribution in [2.45, 2.75) is 6.42 Å². The van der Waals surface area contributed by atoms with Crippen molar-refractivity contribution in [2.24, 2.45) is 5.10 Å². The van der Waals surface area contributed by atoms with Crippen LogP contribution in [0.4, 0.5) is 0 Å². The van der Waals surface area contributed by atoms with Gasteiger partial charge in [0, 0.05) is 0 Å². The summed E-state index contributed by atoms with van der Waals surface area (Å²) >= 11 is 0. The Bertz CT molecular complexity index is 1100. The van der Waals surface area contributed by atoms with Gasteiger partial charge >= 0.3 is 5.97 Å². The van der Waals surface area contributed by atoms with Crippen LogP contribution in [0.1, 0.15) is 21.5 Å². The lowest BCUT2D eigenvalue weighted by atomic mass is 10.1. The summed E-state index contributed by atoms with van der Waals surface area (Å²) in [6.07, 6.45) is 1.75. The van der Waals surface area contributed by atoms with E-state index in [4.69, 9.17) is 18.9 Å². The lowest BCUT2D eigenvalue weighted by Crippen LogP contribution is -2.19. The second-order valence-corrected chi connectivity index (χ2v) is 6.83. The molecule has 0 fully saturated rings. The second-order valence-electron chi connectivity index (χ2n) is 6.83. The molecule has 170 valence electrons. The molecule has 3 rings (SSSR count). The molecule has 0 bridgehead atoms. The first kappa shape index (κ1) is 23.3. The Kier molecular flexibility index (Phi) is 8.02. The highest BCUT2D eigenvalue weighted by molar-refractivity contribution is 5.93. The van der Waals surface area contributed by atoms with E-state index >= 15 is 0 Å². The van der Waals surface area contributed by atoms with E-state index in [1.165, 1.54) is 39.7 Å². The lowest BCUT2D eigenvalue weighted by Gasteiger charge is -2.13. The van der Waals surface area contributed by atoms with Gasteiger partial charge < -0.3 is 18.9 Å². The average molecular weight is 448 g/mol. The van der Waals surface area contributed by atoms with Gasteiger partial charge in [-0.05, 0) is 47.5 Å². The maximum Gasteiger partial charge on any atom is 0.343 e. The van der Waals surface area contributed by atoms with E-state index in [0.717, 1.165) is 11.1 Å². The zero-order valence-electron chi connectivity index (χ0n) is 18.5. The van der Waals surface area contributed by atoms with Crippen LogP contribution in [-0.4, -0.2) is 39.4 Å². The number of benzene rings is 3. The number of carbonyl (C=O) groups is 2. The molecular formula is C25H24N2O6. The van der Waals surface area contributed by atoms with Crippen molar-refractivity contribution in [3.8, 4) is 23.0 Å². The predicted molar refractivity (Wildman–Crippen MR) is 123 cm³/mol. The number of hydrogen-bond acceptors (Lipinski definition) is 7. The normalized spacial score (nSPS) is 10.5. The molecule has 0 spiro atoms. The minimum atomic E-state index is -0.580. The molecule has 33 heavy (non-hydrogen) atoms. The first-order valence-corrected chi connectivity index (χ1v) is 10.0. The minimum Gasteiger partial charge on any atom is -0.493 e. The molecule has 0 atom stereocenters. The monoisotopic (exact) mass is 448 g/mol. The summed E-state index contributed by atoms with van der Waals surface area (Å²) in [6, 6.07) is 19.1. The number of carbonyl (C=O) groups excluding carboxylic acids is 2. The Morgan fingerprint density at radius 2 is 1.52 bits per heavy atom. The van der Waals surface area contributed by atoms with Crippen molar-refractivity contribution in [3.05, 3.63) is 83.4 Å². The molecule has 0 aliphatic rings. The molecule has 3 aromatic rings. The quantitative estimate of drug-likeness (QED) is 0.233. The average Bonchev–Trinajstić information content (AvgIpc) is 2.84. The molecule has 0 aliphatic heterocycles. The number of nitrogens with zero attached hydrogens (tertiary/aromatic N) is 1. The molecule has 0 aliphatic carbocycles. The van der Waals surface area contributed by atoms with Gasteiger partial charge in [0.05, 0.1) is 39.5 Å². The Balaban J connectivity index is 1.59. The first-order valence-electron chi connectivity index (χ1n) is 10.0. The van der Waals surface area contributed by atoms with E-state index in [1.807, 2.05) is 30.3 Å². The highest BCUT2D eigenvalue weighted by atomic mass is 16.5. The summed E-state index contributed by atoms with van der Waals surface area (Å²) in [5, 5.41) is 3.96. The van der Waals surface area contributed by atoms with Crippen LogP contribution in [0.2, 0.25) is 0 Å². The first-order chi connectivity index (χ1) is 16.0. The fraction of sp³-hybridized carbons (Fsp3) is 0.160. The maximum atomic E-state index is 12.6. The van der Waals surface area contributed by atoms with Crippen molar-refractivity contribution in [1.29, 1.82) is 0 Å². The van der Waals surface area contributed by atoms with Crippen LogP contribution in [0.25, 0.3) is 0 Å². The third-order valence-corrected chi connectivity index (χ3v) is 4.60. The molecule has 0 saturated carbocycles. The Morgan fingerprint density at radius 3 is 2.09 bits per heavy atom. The van der Waals surface area contributed by atoms with E-state index in [2.05, 4.69) is 10.5 Å². The van der Waals surface area contributed by atoms with E-state index in [-0.39, 0.29) is 17.9 Å². The summed E-state index contributed by atoms with van der Waals surface area (Å²) in [5.41, 5.74) is 4.37. The molecule has 8 nitrogen and oxygen atoms in total. The van der Waals surface area contributed by atoms with Gasteiger partial charge in [-0.25, -0.2) is 10.2 Å². The topological polar surface area (TPSA) is 95.5 Å². The summed E-state index contributed by atoms with van der Waals surface area (Å²) < 4.78 is 21.2. The van der Waals surface area contributed by atoms with Crippen LogP contribution < -0.4 is 24.4 Å². The van der Waals surface area contributed by atoms with E-state index in [1.54, 1.807) is 24.3 Å². The van der Waals surface area contributed by atoms with E-state index in [9.17, 15) is 9.59 Å². The largest absolute Gasteiger partial charge is 0.493 e. The van der Waals surface area contributed by atoms with Gasteiger partial charge in [-0.2, -0.15) is 5.10 Å². The number of ether oxygens (including phenoxy) is 4. The van der Waals surface area contributed by atoms with Gasteiger partial charge in [0.25, 0.3) is 0 Å². The summed E-state index contributed by atoms with van der Waals surface area (Å²) in [6.45, 7) is 0. The van der Waals surface area contributed by atoms with Gasteiger partial charge in [0.1, 0.15) is 5.75 Å². The van der Waals surface area contributed by atoms with Gasteiger partial charge in [-0.1, -0.05) is 30.3 Å². The summed E-state index contributed by atoms with van der Waals surface area (Å²) in [5.74, 6) is 0.640. The van der Waals surface area contributed by atoms with Gasteiger partial charge in [0.2, 0.25) is 11.7 Å². The van der Waals surface area contributed by atoms with Crippen LogP contribution in [0.5, 0.6) is 23.0 Å². The second kappa shape index (κ2) is 11.3. The maximum absolute atomic E-state index is 12.6. The number of hydrogen-bond donors (Lipinski definition) is 1. The third-order valence-electron chi connectivity index (χ3n) is 4.60. The predicted octanol–water partition coefficient (Wildman–Crippen LogP) is 3.62. The third kappa shape index (κ3) is 6.33. The molecule has 0 saturated heterocycles. The molecule has 1 N–H and O–H groups in total. The zero-order valence-corrected chi connectivity index (χ0v) is 18.5. The highest BCUT2D eigenvalue weighted by Gasteiger charge is 2.18. The Labute approximate surface area is 191 Å². The van der Waals surface area contributed by atoms with Crippen molar-refractivity contribution in [3.63, 3.8) is 0 Å². The molecule has 1 amide bonds. The summed E-state index contributed by atoms with van der Waals surface area (Å²) in [4.78, 5) is 24.5. The van der Waals surface area contributed by atoms with Crippen molar-refractivity contribution >= 4 is 18.1 Å². The van der Waals surface area contributed by atoms with Crippen LogP contribution in [0.3, 0.4) is 0 Å². The number of nitrogens with one attached hydrogen (secondary N) is 1. The van der Waals surface area contributed by atoms with Crippen molar-refractivity contribution in [2.75, 3.05) is 21.3 Å². The number of methoxy groups -OCH3 is 3. The van der Waals surface area contributed by atoms with Crippen molar-refractivity contribution < 1.29 is 28.5 Å². The van der Waals surface area contributed by atoms with Crippen LogP contribution in [0, 0.1) is 0 Å². The minimum absolute atomic E-state index is 0.214. The molecule has 0 unspecified atom stereocenters. The van der Waals surface area contributed by atoms with E-state index < -0.39 is 5.97 Å². The standard InChI is InChI=1S/C25H24N2O6/c1-30-21-14-19(15-22(31-2)24(21)32-3)25(29)33-20-11-9-18(10-12-20)16-26-27-23(28)13-17-7-5-4-6-8-17/h4-12,14-16H,13H2,1-3H3,(H,27,28)/b26-16-. The number of esters is 1. The van der Waals surface area contributed by atoms with Crippen LogP contribution in [0.15, 0.2) is 71.8 Å². The van der Waals surface area contributed by atoms with Gasteiger partial charge in [-0.15, -0.1) is 0 Å². The Morgan fingerprint density at radius 1 is 0.879 bits per heavy atom. The van der Waals surface area contributed by atoms with Crippen molar-refractivity contribution in [1.82, 2.24) is 5.43 Å². The fourth-order valence-electron chi connectivity index (χ4n) is 2.99. The smallest absolute Gasteiger partial charge is 0.343 e. The van der Waals surface area contributed by atoms with E-state index in [0.29, 0.717) is 23.0 Å². The Hall–Kier alpha value is -4.33.